The predicted molar refractivity (Wildman–Crippen MR) is 55.8 cm³/mol. The molecule has 0 unspecified atom stereocenters. The van der Waals surface area contributed by atoms with Gasteiger partial charge >= 0.3 is 0 Å². The average Bonchev–Trinajstić information content (AvgIpc) is 2.11. The van der Waals surface area contributed by atoms with Crippen molar-refractivity contribution in [2.45, 2.75) is 39.5 Å². The average molecular weight is 164 g/mol. The summed E-state index contributed by atoms with van der Waals surface area (Å²) in [5.41, 5.74) is 0. The van der Waals surface area contributed by atoms with Gasteiger partial charge in [-0.3, -0.25) is 0 Å². The van der Waals surface area contributed by atoms with Crippen molar-refractivity contribution in [3.63, 3.8) is 0 Å². The van der Waals surface area contributed by atoms with Crippen LogP contribution < -0.4 is 0 Å². The zero-order valence-electron chi connectivity index (χ0n) is 8.34. The molecule has 0 aromatic carbocycles. The van der Waals surface area contributed by atoms with E-state index in [0.717, 1.165) is 6.42 Å². The van der Waals surface area contributed by atoms with Crippen LogP contribution in [0.3, 0.4) is 0 Å². The lowest BCUT2D eigenvalue weighted by Crippen LogP contribution is -2.06. The first-order valence-corrected chi connectivity index (χ1v) is 4.84. The molecule has 0 heterocycles. The summed E-state index contributed by atoms with van der Waals surface area (Å²) >= 11 is 0. The van der Waals surface area contributed by atoms with Gasteiger partial charge in [-0.15, -0.1) is 18.9 Å². The molecule has 0 fully saturated rings. The molecular formula is C12H20. The summed E-state index contributed by atoms with van der Waals surface area (Å²) < 4.78 is 0. The molecule has 2 atom stereocenters. The van der Waals surface area contributed by atoms with Crippen molar-refractivity contribution in [1.29, 1.82) is 0 Å². The Morgan fingerprint density at radius 1 is 1.50 bits per heavy atom. The molecule has 0 bridgehead atoms. The quantitative estimate of drug-likeness (QED) is 0.319. The van der Waals surface area contributed by atoms with E-state index in [4.69, 9.17) is 6.42 Å². The normalized spacial score (nSPS) is 14.8. The molecular weight excluding hydrogens is 144 g/mol. The van der Waals surface area contributed by atoms with Gasteiger partial charge in [0, 0.05) is 5.92 Å². The molecule has 0 rings (SSSR count). The number of hydrogen-bond acceptors (Lipinski definition) is 0. The third-order valence-corrected chi connectivity index (χ3v) is 2.34. The summed E-state index contributed by atoms with van der Waals surface area (Å²) in [5, 5.41) is 0. The van der Waals surface area contributed by atoms with Crippen LogP contribution in [0.15, 0.2) is 12.7 Å². The van der Waals surface area contributed by atoms with Crippen molar-refractivity contribution in [1.82, 2.24) is 0 Å². The number of hydrogen-bond donors (Lipinski definition) is 0. The van der Waals surface area contributed by atoms with Crippen molar-refractivity contribution in [2.24, 2.45) is 11.8 Å². The van der Waals surface area contributed by atoms with Crippen LogP contribution in [0.1, 0.15) is 39.5 Å². The van der Waals surface area contributed by atoms with Gasteiger partial charge in [-0.1, -0.05) is 39.2 Å². The number of rotatable bonds is 6. The highest BCUT2D eigenvalue weighted by atomic mass is 14.1. The van der Waals surface area contributed by atoms with Crippen LogP contribution in [-0.4, -0.2) is 0 Å². The lowest BCUT2D eigenvalue weighted by atomic mass is 9.90. The molecule has 0 nitrogen and oxygen atoms in total. The van der Waals surface area contributed by atoms with Crippen molar-refractivity contribution in [3.8, 4) is 12.3 Å². The lowest BCUT2D eigenvalue weighted by Gasteiger charge is -2.14. The molecule has 12 heavy (non-hydrogen) atoms. The SMILES string of the molecule is C#C[C@H](CCCCC)[C@@H](C)C=C. The van der Waals surface area contributed by atoms with E-state index < -0.39 is 0 Å². The van der Waals surface area contributed by atoms with E-state index >= 15 is 0 Å². The third kappa shape index (κ3) is 4.23. The molecule has 0 heteroatoms. The van der Waals surface area contributed by atoms with Crippen LogP contribution in [0.2, 0.25) is 0 Å². The van der Waals surface area contributed by atoms with E-state index in [1.165, 1.54) is 19.3 Å². The monoisotopic (exact) mass is 164 g/mol. The van der Waals surface area contributed by atoms with Gasteiger partial charge in [-0.05, 0) is 12.3 Å². The second kappa shape index (κ2) is 6.98. The molecule has 0 saturated carbocycles. The maximum atomic E-state index is 5.43. The lowest BCUT2D eigenvalue weighted by molar-refractivity contribution is 0.467. The highest BCUT2D eigenvalue weighted by Gasteiger charge is 2.10. The summed E-state index contributed by atoms with van der Waals surface area (Å²) in [4.78, 5) is 0. The zero-order valence-corrected chi connectivity index (χ0v) is 8.34. The molecule has 0 amide bonds. The fraction of sp³-hybridized carbons (Fsp3) is 0.667. The standard InChI is InChI=1S/C12H20/c1-5-8-9-10-12(7-3)11(4)6-2/h3,6,11-12H,2,5,8-10H2,1,4H3/t11-,12+/m0/s1. The third-order valence-electron chi connectivity index (χ3n) is 2.34. The minimum Gasteiger partial charge on any atom is -0.120 e. The number of terminal acetylenes is 1. The van der Waals surface area contributed by atoms with Crippen molar-refractivity contribution in [3.05, 3.63) is 12.7 Å². The Morgan fingerprint density at radius 2 is 2.17 bits per heavy atom. The molecule has 0 spiro atoms. The smallest absolute Gasteiger partial charge is 0.0260 e. The second-order valence-corrected chi connectivity index (χ2v) is 3.36. The van der Waals surface area contributed by atoms with E-state index in [-0.39, 0.29) is 0 Å². The summed E-state index contributed by atoms with van der Waals surface area (Å²) in [6.45, 7) is 8.11. The van der Waals surface area contributed by atoms with Crippen LogP contribution in [0.25, 0.3) is 0 Å². The second-order valence-electron chi connectivity index (χ2n) is 3.36. The summed E-state index contributed by atoms with van der Waals surface area (Å²) in [5.74, 6) is 3.70. The van der Waals surface area contributed by atoms with Crippen molar-refractivity contribution >= 4 is 0 Å². The van der Waals surface area contributed by atoms with Gasteiger partial charge in [0.25, 0.3) is 0 Å². The van der Waals surface area contributed by atoms with Gasteiger partial charge in [-0.2, -0.15) is 0 Å². The van der Waals surface area contributed by atoms with Gasteiger partial charge in [0.1, 0.15) is 0 Å². The Balaban J connectivity index is 3.69. The maximum absolute atomic E-state index is 5.43. The minimum atomic E-state index is 0.397. The largest absolute Gasteiger partial charge is 0.120 e. The Labute approximate surface area is 77.1 Å². The molecule has 0 N–H and O–H groups in total. The Morgan fingerprint density at radius 3 is 2.58 bits per heavy atom. The van der Waals surface area contributed by atoms with Crippen LogP contribution in [0.4, 0.5) is 0 Å². The van der Waals surface area contributed by atoms with Crippen molar-refractivity contribution in [2.75, 3.05) is 0 Å². The maximum Gasteiger partial charge on any atom is 0.0260 e. The highest BCUT2D eigenvalue weighted by Crippen LogP contribution is 2.18. The number of allylic oxidation sites excluding steroid dienone is 1. The Hall–Kier alpha value is -0.700. The molecule has 0 radical (unpaired) electrons. The van der Waals surface area contributed by atoms with E-state index in [1.54, 1.807) is 0 Å². The van der Waals surface area contributed by atoms with Crippen LogP contribution >= 0.6 is 0 Å². The molecule has 0 saturated heterocycles. The summed E-state index contributed by atoms with van der Waals surface area (Å²) in [7, 11) is 0. The zero-order chi connectivity index (χ0) is 9.40. The summed E-state index contributed by atoms with van der Waals surface area (Å²) in [6, 6.07) is 0. The Kier molecular flexibility index (Phi) is 6.57. The van der Waals surface area contributed by atoms with Crippen LogP contribution in [0, 0.1) is 24.2 Å². The fourth-order valence-electron chi connectivity index (χ4n) is 1.28. The predicted octanol–water partition coefficient (Wildman–Crippen LogP) is 3.64. The topological polar surface area (TPSA) is 0 Å². The molecule has 0 aromatic rings. The van der Waals surface area contributed by atoms with Gasteiger partial charge in [0.15, 0.2) is 0 Å². The minimum absolute atomic E-state index is 0.397. The van der Waals surface area contributed by atoms with Gasteiger partial charge in [-0.25, -0.2) is 0 Å². The van der Waals surface area contributed by atoms with Gasteiger partial charge in [0.2, 0.25) is 0 Å². The molecule has 0 aromatic heterocycles. The van der Waals surface area contributed by atoms with E-state index in [2.05, 4.69) is 26.3 Å². The van der Waals surface area contributed by atoms with Crippen molar-refractivity contribution < 1.29 is 0 Å². The molecule has 68 valence electrons. The highest BCUT2D eigenvalue weighted by molar-refractivity contribution is 4.99. The first-order valence-electron chi connectivity index (χ1n) is 4.84. The van der Waals surface area contributed by atoms with Gasteiger partial charge < -0.3 is 0 Å². The van der Waals surface area contributed by atoms with E-state index in [9.17, 15) is 0 Å². The molecule has 0 aliphatic carbocycles. The molecule has 0 aliphatic rings. The number of unbranched alkanes of at least 4 members (excludes halogenated alkanes) is 2. The Bertz CT molecular complexity index is 150. The molecule has 0 aliphatic heterocycles. The van der Waals surface area contributed by atoms with E-state index in [1.807, 2.05) is 6.08 Å². The first-order chi connectivity index (χ1) is 5.76. The van der Waals surface area contributed by atoms with Crippen LogP contribution in [0.5, 0.6) is 0 Å². The fourth-order valence-corrected chi connectivity index (χ4v) is 1.28. The van der Waals surface area contributed by atoms with Gasteiger partial charge in [0.05, 0.1) is 0 Å². The first kappa shape index (κ1) is 11.3. The van der Waals surface area contributed by atoms with Crippen LogP contribution in [-0.2, 0) is 0 Å². The van der Waals surface area contributed by atoms with E-state index in [0.29, 0.717) is 11.8 Å². The summed E-state index contributed by atoms with van der Waals surface area (Å²) in [6.07, 6.45) is 12.3.